The molecule has 0 aromatic heterocycles. The largest absolute Gasteiger partial charge is 0.460 e. The van der Waals surface area contributed by atoms with Gasteiger partial charge in [-0.2, -0.15) is 0 Å². The van der Waals surface area contributed by atoms with Crippen LogP contribution in [-0.4, -0.2) is 24.2 Å². The van der Waals surface area contributed by atoms with Crippen molar-refractivity contribution in [3.63, 3.8) is 0 Å². The molecular weight excluding hydrogens is 266 g/mol. The fraction of sp³-hybridized carbons (Fsp3) is 0.588. The number of rotatable bonds is 8. The van der Waals surface area contributed by atoms with Crippen LogP contribution >= 0.6 is 0 Å². The molecule has 118 valence electrons. The second kappa shape index (κ2) is 8.80. The lowest BCUT2D eigenvalue weighted by atomic mass is 10.1. The van der Waals surface area contributed by atoms with Crippen molar-refractivity contribution in [2.45, 2.75) is 58.3 Å². The molecule has 0 spiro atoms. The van der Waals surface area contributed by atoms with Crippen LogP contribution in [0.3, 0.4) is 0 Å². The summed E-state index contributed by atoms with van der Waals surface area (Å²) in [7, 11) is 0. The third-order valence-corrected chi connectivity index (χ3v) is 2.82. The highest BCUT2D eigenvalue weighted by atomic mass is 16.6. The second-order valence-corrected chi connectivity index (χ2v) is 6.23. The van der Waals surface area contributed by atoms with Crippen LogP contribution in [0.15, 0.2) is 30.3 Å². The average molecular weight is 293 g/mol. The molecular formula is C17H27NO3. The lowest BCUT2D eigenvalue weighted by Crippen LogP contribution is -2.30. The molecule has 0 radical (unpaired) electrons. The molecule has 4 heteroatoms. The van der Waals surface area contributed by atoms with Crippen molar-refractivity contribution < 1.29 is 14.3 Å². The molecule has 0 unspecified atom stereocenters. The monoisotopic (exact) mass is 293 g/mol. The van der Waals surface area contributed by atoms with Gasteiger partial charge < -0.3 is 15.2 Å². The highest BCUT2D eigenvalue weighted by Gasteiger charge is 2.18. The van der Waals surface area contributed by atoms with Crippen molar-refractivity contribution in [1.82, 2.24) is 0 Å². The van der Waals surface area contributed by atoms with Crippen LogP contribution in [0.25, 0.3) is 0 Å². The molecule has 0 aliphatic heterocycles. The minimum absolute atomic E-state index is 0.167. The zero-order chi connectivity index (χ0) is 15.7. The van der Waals surface area contributed by atoms with E-state index in [1.165, 1.54) is 0 Å². The van der Waals surface area contributed by atoms with E-state index < -0.39 is 5.60 Å². The van der Waals surface area contributed by atoms with Gasteiger partial charge in [-0.05, 0) is 39.2 Å². The maximum atomic E-state index is 11.6. The minimum Gasteiger partial charge on any atom is -0.460 e. The molecule has 1 rings (SSSR count). The molecule has 2 N–H and O–H groups in total. The smallest absolute Gasteiger partial charge is 0.307 e. The van der Waals surface area contributed by atoms with Gasteiger partial charge in [0.1, 0.15) is 5.60 Å². The first-order valence-electron chi connectivity index (χ1n) is 7.46. The minimum atomic E-state index is -0.449. The summed E-state index contributed by atoms with van der Waals surface area (Å²) < 4.78 is 10.8. The predicted octanol–water partition coefficient (Wildman–Crippen LogP) is 3.04. The quantitative estimate of drug-likeness (QED) is 0.591. The molecule has 0 aliphatic carbocycles. The number of nitrogens with two attached hydrogens (primary N) is 1. The van der Waals surface area contributed by atoms with E-state index in [9.17, 15) is 4.79 Å². The van der Waals surface area contributed by atoms with Gasteiger partial charge in [0.2, 0.25) is 0 Å². The molecule has 1 atom stereocenters. The number of carbonyl (C=O) groups excluding carboxylic acids is 1. The van der Waals surface area contributed by atoms with Gasteiger partial charge in [0.15, 0.2) is 0 Å². The summed E-state index contributed by atoms with van der Waals surface area (Å²) >= 11 is 0. The Morgan fingerprint density at radius 2 is 1.90 bits per heavy atom. The Hall–Kier alpha value is -1.39. The number of ether oxygens (including phenoxy) is 2. The van der Waals surface area contributed by atoms with Crippen LogP contribution in [-0.2, 0) is 20.9 Å². The molecule has 0 aliphatic rings. The van der Waals surface area contributed by atoms with Crippen LogP contribution in [0.4, 0.5) is 0 Å². The summed E-state index contributed by atoms with van der Waals surface area (Å²) in [6, 6.07) is 9.88. The van der Waals surface area contributed by atoms with Gasteiger partial charge in [-0.15, -0.1) is 0 Å². The van der Waals surface area contributed by atoms with E-state index in [1.54, 1.807) is 0 Å². The van der Waals surface area contributed by atoms with Crippen molar-refractivity contribution >= 4 is 5.97 Å². The summed E-state index contributed by atoms with van der Waals surface area (Å²) in [6.07, 6.45) is 1.86. The SMILES string of the molecule is CC(C)(C)OC(=O)C[C@@H](N)CCCOCc1ccccc1. The van der Waals surface area contributed by atoms with Gasteiger partial charge in [0.25, 0.3) is 0 Å². The first-order chi connectivity index (χ1) is 9.87. The Morgan fingerprint density at radius 3 is 2.52 bits per heavy atom. The molecule has 1 aromatic rings. The van der Waals surface area contributed by atoms with E-state index in [0.29, 0.717) is 13.2 Å². The molecule has 0 saturated heterocycles. The number of benzene rings is 1. The second-order valence-electron chi connectivity index (χ2n) is 6.23. The lowest BCUT2D eigenvalue weighted by molar-refractivity contribution is -0.155. The number of hydrogen-bond donors (Lipinski definition) is 1. The van der Waals surface area contributed by atoms with Gasteiger partial charge in [-0.25, -0.2) is 0 Å². The Bertz CT molecular complexity index is 412. The van der Waals surface area contributed by atoms with E-state index in [0.717, 1.165) is 18.4 Å². The molecule has 1 aromatic carbocycles. The molecule has 0 fully saturated rings. The van der Waals surface area contributed by atoms with Crippen molar-refractivity contribution in [2.75, 3.05) is 6.61 Å². The summed E-state index contributed by atoms with van der Waals surface area (Å²) in [4.78, 5) is 11.6. The number of esters is 1. The topological polar surface area (TPSA) is 61.5 Å². The van der Waals surface area contributed by atoms with Crippen LogP contribution in [0.1, 0.15) is 45.6 Å². The fourth-order valence-corrected chi connectivity index (χ4v) is 1.91. The Morgan fingerprint density at radius 1 is 1.24 bits per heavy atom. The van der Waals surface area contributed by atoms with Gasteiger partial charge in [0.05, 0.1) is 13.0 Å². The normalized spacial score (nSPS) is 13.0. The highest BCUT2D eigenvalue weighted by Crippen LogP contribution is 2.10. The zero-order valence-corrected chi connectivity index (χ0v) is 13.3. The van der Waals surface area contributed by atoms with Crippen molar-refractivity contribution in [3.05, 3.63) is 35.9 Å². The summed E-state index contributed by atoms with van der Waals surface area (Å²) in [5.74, 6) is -0.236. The van der Waals surface area contributed by atoms with E-state index in [-0.39, 0.29) is 18.4 Å². The average Bonchev–Trinajstić information content (AvgIpc) is 2.37. The standard InChI is InChI=1S/C17H27NO3/c1-17(2,3)21-16(19)12-15(18)10-7-11-20-13-14-8-5-4-6-9-14/h4-6,8-9,15H,7,10-13,18H2,1-3H3/t15-/m0/s1. The third-order valence-electron chi connectivity index (χ3n) is 2.82. The van der Waals surface area contributed by atoms with E-state index in [4.69, 9.17) is 15.2 Å². The number of carbonyl (C=O) groups is 1. The third kappa shape index (κ3) is 9.21. The van der Waals surface area contributed by atoms with Gasteiger partial charge in [0, 0.05) is 12.6 Å². The molecule has 4 nitrogen and oxygen atoms in total. The van der Waals surface area contributed by atoms with Crippen molar-refractivity contribution in [2.24, 2.45) is 5.73 Å². The highest BCUT2D eigenvalue weighted by molar-refractivity contribution is 5.70. The van der Waals surface area contributed by atoms with Crippen LogP contribution < -0.4 is 5.73 Å². The van der Waals surface area contributed by atoms with E-state index >= 15 is 0 Å². The maximum absolute atomic E-state index is 11.6. The van der Waals surface area contributed by atoms with Crippen LogP contribution in [0, 0.1) is 0 Å². The molecule has 21 heavy (non-hydrogen) atoms. The fourth-order valence-electron chi connectivity index (χ4n) is 1.91. The summed E-state index contributed by atoms with van der Waals surface area (Å²) in [5, 5.41) is 0. The van der Waals surface area contributed by atoms with Gasteiger partial charge in [-0.1, -0.05) is 30.3 Å². The maximum Gasteiger partial charge on any atom is 0.307 e. The number of hydrogen-bond acceptors (Lipinski definition) is 4. The van der Waals surface area contributed by atoms with Crippen molar-refractivity contribution in [3.8, 4) is 0 Å². The summed E-state index contributed by atoms with van der Waals surface area (Å²) in [6.45, 7) is 6.83. The first kappa shape index (κ1) is 17.7. The van der Waals surface area contributed by atoms with Crippen molar-refractivity contribution in [1.29, 1.82) is 0 Å². The van der Waals surface area contributed by atoms with E-state index in [1.807, 2.05) is 51.1 Å². The Kier molecular flexibility index (Phi) is 7.40. The van der Waals surface area contributed by atoms with E-state index in [2.05, 4.69) is 0 Å². The Balaban J connectivity index is 2.08. The van der Waals surface area contributed by atoms with Gasteiger partial charge >= 0.3 is 5.97 Å². The molecule has 0 saturated carbocycles. The molecule has 0 heterocycles. The Labute approximate surface area is 127 Å². The van der Waals surface area contributed by atoms with Crippen LogP contribution in [0.5, 0.6) is 0 Å². The lowest BCUT2D eigenvalue weighted by Gasteiger charge is -2.20. The summed E-state index contributed by atoms with van der Waals surface area (Å²) in [5.41, 5.74) is 6.64. The van der Waals surface area contributed by atoms with Gasteiger partial charge in [-0.3, -0.25) is 4.79 Å². The molecule has 0 amide bonds. The zero-order valence-electron chi connectivity index (χ0n) is 13.3. The van der Waals surface area contributed by atoms with Crippen LogP contribution in [0.2, 0.25) is 0 Å². The predicted molar refractivity (Wildman–Crippen MR) is 83.8 cm³/mol. The molecule has 0 bridgehead atoms. The first-order valence-corrected chi connectivity index (χ1v) is 7.46.